The summed E-state index contributed by atoms with van der Waals surface area (Å²) in [7, 11) is 0. The third-order valence-corrected chi connectivity index (χ3v) is 10.1. The van der Waals surface area contributed by atoms with E-state index in [1.807, 2.05) is 13.8 Å². The number of benzene rings is 1. The lowest BCUT2D eigenvalue weighted by Crippen LogP contribution is -2.60. The van der Waals surface area contributed by atoms with Crippen molar-refractivity contribution in [2.24, 2.45) is 29.0 Å². The van der Waals surface area contributed by atoms with Gasteiger partial charge in [-0.3, -0.25) is 28.8 Å². The Morgan fingerprint density at radius 2 is 1.10 bits per heavy atom. The molecule has 338 valence electrons. The van der Waals surface area contributed by atoms with Crippen LogP contribution in [-0.2, 0) is 40.0 Å². The summed E-state index contributed by atoms with van der Waals surface area (Å²) in [6.07, 6.45) is 4.82. The highest BCUT2D eigenvalue weighted by Gasteiger charge is 2.34. The number of aromatic hydroxyl groups is 1. The van der Waals surface area contributed by atoms with Gasteiger partial charge in [-0.25, -0.2) is 4.79 Å². The van der Waals surface area contributed by atoms with E-state index in [4.69, 9.17) is 17.2 Å². The van der Waals surface area contributed by atoms with Gasteiger partial charge in [-0.05, 0) is 100 Å². The number of carbonyl (C=O) groups excluding carboxylic acids is 6. The molecule has 6 amide bonds. The molecule has 18 nitrogen and oxygen atoms in total. The van der Waals surface area contributed by atoms with E-state index in [0.29, 0.717) is 50.8 Å². The van der Waals surface area contributed by atoms with Gasteiger partial charge in [0.05, 0.1) is 6.04 Å². The number of hydrogen-bond donors (Lipinski definition) is 11. The SMILES string of the molecule is C=CC[C@H](N)C(=O)N[C@@H](CCCCN)C(=O)N[C@@H](CCCCN)C(=O)N[C@@H](CC)C(=O)N[C@@H](Cc1ccc(O)cc1)C(=O)N[C@@H](CC(C)C)C(=O)N[C@H](C(=O)O)C(C)CC. The van der Waals surface area contributed by atoms with Crippen molar-refractivity contribution in [3.8, 4) is 5.75 Å². The number of hydrogen-bond acceptors (Lipinski definition) is 11. The number of carboxylic acid groups (broad SMARTS) is 1. The van der Waals surface area contributed by atoms with Gasteiger partial charge in [0.15, 0.2) is 0 Å². The molecule has 1 aromatic rings. The summed E-state index contributed by atoms with van der Waals surface area (Å²) in [6, 6.07) is -1.93. The number of rotatable bonds is 30. The minimum absolute atomic E-state index is 0.0193. The van der Waals surface area contributed by atoms with Crippen molar-refractivity contribution in [2.45, 2.75) is 148 Å². The van der Waals surface area contributed by atoms with Crippen LogP contribution in [0.3, 0.4) is 0 Å². The first kappa shape index (κ1) is 52.9. The summed E-state index contributed by atoms with van der Waals surface area (Å²) in [6.45, 7) is 13.1. The smallest absolute Gasteiger partial charge is 0.326 e. The third kappa shape index (κ3) is 19.3. The van der Waals surface area contributed by atoms with Crippen LogP contribution in [0.5, 0.6) is 5.75 Å². The fourth-order valence-corrected chi connectivity index (χ4v) is 6.25. The lowest BCUT2D eigenvalue weighted by molar-refractivity contribution is -0.144. The summed E-state index contributed by atoms with van der Waals surface area (Å²) < 4.78 is 0. The summed E-state index contributed by atoms with van der Waals surface area (Å²) in [5.74, 6) is -5.75. The van der Waals surface area contributed by atoms with Crippen molar-refractivity contribution < 1.29 is 43.8 Å². The van der Waals surface area contributed by atoms with Crippen LogP contribution in [-0.4, -0.2) is 107 Å². The number of phenolic OH excluding ortho intramolecular Hbond substituents is 1. The predicted molar refractivity (Wildman–Crippen MR) is 229 cm³/mol. The molecule has 1 aromatic carbocycles. The molecular weight excluding hydrogens is 775 g/mol. The summed E-state index contributed by atoms with van der Waals surface area (Å²) in [5.41, 5.74) is 17.8. The van der Waals surface area contributed by atoms with E-state index in [1.165, 1.54) is 18.2 Å². The van der Waals surface area contributed by atoms with Gasteiger partial charge in [0.2, 0.25) is 35.4 Å². The quantitative estimate of drug-likeness (QED) is 0.0375. The van der Waals surface area contributed by atoms with E-state index >= 15 is 0 Å². The molecule has 0 bridgehead atoms. The Balaban J connectivity index is 3.40. The monoisotopic (exact) mass is 846 g/mol. The van der Waals surface area contributed by atoms with Crippen LogP contribution in [0.4, 0.5) is 0 Å². The van der Waals surface area contributed by atoms with Crippen molar-refractivity contribution in [1.82, 2.24) is 31.9 Å². The van der Waals surface area contributed by atoms with E-state index in [1.54, 1.807) is 32.9 Å². The second kappa shape index (κ2) is 28.4. The molecular formula is C42H71N9O9. The Bertz CT molecular complexity index is 1540. The normalized spacial score (nSPS) is 15.2. The zero-order valence-electron chi connectivity index (χ0n) is 36.0. The lowest BCUT2D eigenvalue weighted by Gasteiger charge is -2.28. The molecule has 0 saturated carbocycles. The zero-order valence-corrected chi connectivity index (χ0v) is 36.0. The highest BCUT2D eigenvalue weighted by atomic mass is 16.4. The van der Waals surface area contributed by atoms with Gasteiger partial charge in [-0.1, -0.05) is 59.2 Å². The molecule has 0 radical (unpaired) electrons. The van der Waals surface area contributed by atoms with Crippen LogP contribution in [0.2, 0.25) is 0 Å². The molecule has 14 N–H and O–H groups in total. The first-order valence-electron chi connectivity index (χ1n) is 21.0. The minimum Gasteiger partial charge on any atom is -0.508 e. The molecule has 1 unspecified atom stereocenters. The van der Waals surface area contributed by atoms with Crippen LogP contribution in [0, 0.1) is 11.8 Å². The molecule has 1 rings (SSSR count). The van der Waals surface area contributed by atoms with Gasteiger partial charge in [0.25, 0.3) is 0 Å². The number of unbranched alkanes of at least 4 members (excludes halogenated alkanes) is 2. The van der Waals surface area contributed by atoms with E-state index in [2.05, 4.69) is 38.5 Å². The standard InChI is InChI=1S/C42H71N9O9/c1-7-14-29(45)36(53)47-31(15-10-12-21-43)39(56)48-32(16-11-13-22-44)38(55)46-30(9-3)37(54)50-34(24-27-17-19-28(52)20-18-27)40(57)49-33(23-25(4)5)41(58)51-35(42(59)60)26(6)8-2/h7,17-20,25-26,29-35,52H,1,8-16,21-24,43-45H2,2-6H3,(H,46,55)(H,47,53)(H,48,56)(H,49,57)(H,50,54)(H,51,58)(H,59,60)/t26?,29-,30-,31-,32-,33-,34-,35-/m0/s1. The van der Waals surface area contributed by atoms with Gasteiger partial charge in [-0.2, -0.15) is 0 Å². The highest BCUT2D eigenvalue weighted by Crippen LogP contribution is 2.15. The average molecular weight is 846 g/mol. The minimum atomic E-state index is -1.29. The van der Waals surface area contributed by atoms with Gasteiger partial charge in [-0.15, -0.1) is 6.58 Å². The van der Waals surface area contributed by atoms with Crippen molar-refractivity contribution in [1.29, 1.82) is 0 Å². The lowest BCUT2D eigenvalue weighted by atomic mass is 9.97. The Kier molecular flexibility index (Phi) is 25.1. The number of amides is 6. The largest absolute Gasteiger partial charge is 0.508 e. The molecule has 0 aliphatic heterocycles. The van der Waals surface area contributed by atoms with Gasteiger partial charge < -0.3 is 59.3 Å². The topological polar surface area (TPSA) is 310 Å². The Morgan fingerprint density at radius 3 is 1.57 bits per heavy atom. The molecule has 0 heterocycles. The maximum atomic E-state index is 14.0. The Morgan fingerprint density at radius 1 is 0.650 bits per heavy atom. The number of carbonyl (C=O) groups is 7. The van der Waals surface area contributed by atoms with Crippen molar-refractivity contribution in [3.05, 3.63) is 42.5 Å². The molecule has 60 heavy (non-hydrogen) atoms. The first-order valence-corrected chi connectivity index (χ1v) is 21.0. The number of phenols is 1. The first-order chi connectivity index (χ1) is 28.4. The van der Waals surface area contributed by atoms with E-state index in [0.717, 1.165) is 0 Å². The van der Waals surface area contributed by atoms with Crippen LogP contribution in [0.1, 0.15) is 104 Å². The molecule has 0 aromatic heterocycles. The van der Waals surface area contributed by atoms with Crippen LogP contribution in [0.25, 0.3) is 0 Å². The average Bonchev–Trinajstić information content (AvgIpc) is 3.20. The second-order valence-corrected chi connectivity index (χ2v) is 15.6. The van der Waals surface area contributed by atoms with E-state index in [-0.39, 0.29) is 50.2 Å². The fraction of sp³-hybridized carbons (Fsp3) is 0.643. The zero-order chi connectivity index (χ0) is 45.4. The Hall–Kier alpha value is -5.07. The van der Waals surface area contributed by atoms with Crippen LogP contribution in [0.15, 0.2) is 36.9 Å². The van der Waals surface area contributed by atoms with Crippen LogP contribution < -0.4 is 49.1 Å². The number of nitrogens with one attached hydrogen (secondary N) is 6. The van der Waals surface area contributed by atoms with Crippen molar-refractivity contribution in [2.75, 3.05) is 13.1 Å². The molecule has 0 spiro atoms. The highest BCUT2D eigenvalue weighted by molar-refractivity contribution is 5.97. The predicted octanol–water partition coefficient (Wildman–Crippen LogP) is 0.592. The molecule has 0 fully saturated rings. The Labute approximate surface area is 354 Å². The number of carboxylic acids is 1. The summed E-state index contributed by atoms with van der Waals surface area (Å²) in [5, 5.41) is 35.7. The molecule has 0 saturated heterocycles. The second-order valence-electron chi connectivity index (χ2n) is 15.6. The maximum absolute atomic E-state index is 14.0. The van der Waals surface area contributed by atoms with Gasteiger partial charge >= 0.3 is 5.97 Å². The van der Waals surface area contributed by atoms with E-state index in [9.17, 15) is 43.8 Å². The van der Waals surface area contributed by atoms with Gasteiger partial charge in [0, 0.05) is 6.42 Å². The number of nitrogens with two attached hydrogens (primary N) is 3. The molecule has 0 aliphatic rings. The third-order valence-electron chi connectivity index (χ3n) is 10.1. The summed E-state index contributed by atoms with van der Waals surface area (Å²) in [4.78, 5) is 93.7. The van der Waals surface area contributed by atoms with Crippen molar-refractivity contribution in [3.63, 3.8) is 0 Å². The van der Waals surface area contributed by atoms with Gasteiger partial charge in [0.1, 0.15) is 42.0 Å². The molecule has 0 aliphatic carbocycles. The molecule has 8 atom stereocenters. The van der Waals surface area contributed by atoms with Crippen LogP contribution >= 0.6 is 0 Å². The summed E-state index contributed by atoms with van der Waals surface area (Å²) >= 11 is 0. The van der Waals surface area contributed by atoms with E-state index < -0.39 is 89.6 Å². The number of aliphatic carboxylic acids is 1. The molecule has 18 heteroatoms. The maximum Gasteiger partial charge on any atom is 0.326 e. The fourth-order valence-electron chi connectivity index (χ4n) is 6.25. The van der Waals surface area contributed by atoms with Crippen molar-refractivity contribution >= 4 is 41.4 Å².